The van der Waals surface area contributed by atoms with Crippen molar-refractivity contribution in [3.8, 4) is 0 Å². The molecule has 0 spiro atoms. The number of nitrogens with one attached hydrogen (secondary N) is 1. The molecular weight excluding hydrogens is 356 g/mol. The van der Waals surface area contributed by atoms with E-state index in [-0.39, 0.29) is 30.3 Å². The van der Waals surface area contributed by atoms with E-state index in [0.717, 1.165) is 17.7 Å². The number of nitrogens with zero attached hydrogens (tertiary/aromatic N) is 1. The smallest absolute Gasteiger partial charge is 0.335 e. The Hall–Kier alpha value is -3.15. The van der Waals surface area contributed by atoms with E-state index in [9.17, 15) is 19.5 Å². The summed E-state index contributed by atoms with van der Waals surface area (Å²) in [6.45, 7) is 4.30. The van der Waals surface area contributed by atoms with Gasteiger partial charge in [0.1, 0.15) is 0 Å². The number of hydrogen-bond acceptors (Lipinski definition) is 3. The van der Waals surface area contributed by atoms with E-state index in [1.54, 1.807) is 18.2 Å². The van der Waals surface area contributed by atoms with Crippen molar-refractivity contribution in [1.29, 1.82) is 0 Å². The summed E-state index contributed by atoms with van der Waals surface area (Å²) in [7, 11) is 0. The van der Waals surface area contributed by atoms with Crippen LogP contribution in [0.4, 0.5) is 5.69 Å². The number of aryl methyl sites for hydroxylation is 2. The topological polar surface area (TPSA) is 86.7 Å². The van der Waals surface area contributed by atoms with Crippen LogP contribution in [0.25, 0.3) is 0 Å². The first-order valence-corrected chi connectivity index (χ1v) is 9.36. The summed E-state index contributed by atoms with van der Waals surface area (Å²) < 4.78 is 0. The van der Waals surface area contributed by atoms with Gasteiger partial charge in [0.05, 0.1) is 12.1 Å². The highest BCUT2D eigenvalue weighted by Gasteiger charge is 2.18. The van der Waals surface area contributed by atoms with Gasteiger partial charge in [-0.05, 0) is 43.0 Å². The summed E-state index contributed by atoms with van der Waals surface area (Å²) in [5.41, 5.74) is 2.50. The van der Waals surface area contributed by atoms with Crippen LogP contribution in [0, 0.1) is 6.92 Å². The molecule has 0 saturated heterocycles. The molecule has 0 unspecified atom stereocenters. The number of carbonyl (C=O) groups excluding carboxylic acids is 2. The zero-order valence-corrected chi connectivity index (χ0v) is 16.3. The minimum Gasteiger partial charge on any atom is -0.478 e. The summed E-state index contributed by atoms with van der Waals surface area (Å²) in [4.78, 5) is 37.9. The third kappa shape index (κ3) is 5.94. The van der Waals surface area contributed by atoms with E-state index < -0.39 is 5.97 Å². The maximum Gasteiger partial charge on any atom is 0.335 e. The van der Waals surface area contributed by atoms with Crippen LogP contribution < -0.4 is 5.32 Å². The van der Waals surface area contributed by atoms with Gasteiger partial charge in [0.25, 0.3) is 0 Å². The third-order valence-electron chi connectivity index (χ3n) is 4.46. The number of hydrogen-bond donors (Lipinski definition) is 2. The van der Waals surface area contributed by atoms with Crippen molar-refractivity contribution >= 4 is 23.5 Å². The average Bonchev–Trinajstić information content (AvgIpc) is 2.67. The number of benzene rings is 2. The quantitative estimate of drug-likeness (QED) is 0.695. The van der Waals surface area contributed by atoms with Crippen molar-refractivity contribution in [3.63, 3.8) is 0 Å². The van der Waals surface area contributed by atoms with Crippen LogP contribution in [0.5, 0.6) is 0 Å². The number of amides is 2. The van der Waals surface area contributed by atoms with Crippen LogP contribution in [0.3, 0.4) is 0 Å². The summed E-state index contributed by atoms with van der Waals surface area (Å²) in [6, 6.07) is 14.1. The van der Waals surface area contributed by atoms with E-state index in [4.69, 9.17) is 0 Å². The Morgan fingerprint density at radius 2 is 1.71 bits per heavy atom. The first-order valence-electron chi connectivity index (χ1n) is 9.36. The van der Waals surface area contributed by atoms with Crippen LogP contribution >= 0.6 is 0 Å². The fraction of sp³-hybridized carbons (Fsp3) is 0.318. The van der Waals surface area contributed by atoms with E-state index in [1.807, 2.05) is 38.1 Å². The number of carbonyl (C=O) groups is 3. The lowest BCUT2D eigenvalue weighted by Crippen LogP contribution is -2.38. The van der Waals surface area contributed by atoms with Gasteiger partial charge in [-0.25, -0.2) is 4.79 Å². The molecule has 0 aliphatic heterocycles. The standard InChI is InChI=1S/C22H26N2O4/c1-3-14-24(15-20(25)23-19-11-7-4-8-16(19)2)21(26)13-12-17-9-5-6-10-18(17)22(27)28/h4-11H,3,12-15H2,1-2H3,(H,23,25)(H,27,28). The highest BCUT2D eigenvalue weighted by atomic mass is 16.4. The van der Waals surface area contributed by atoms with Crippen molar-refractivity contribution in [2.45, 2.75) is 33.1 Å². The average molecular weight is 382 g/mol. The van der Waals surface area contributed by atoms with Gasteiger partial charge in [-0.2, -0.15) is 0 Å². The molecule has 0 aromatic heterocycles. The number of para-hydroxylation sites is 1. The van der Waals surface area contributed by atoms with Gasteiger partial charge >= 0.3 is 5.97 Å². The molecule has 0 fully saturated rings. The molecule has 0 bridgehead atoms. The van der Waals surface area contributed by atoms with Gasteiger partial charge in [0.15, 0.2) is 0 Å². The largest absolute Gasteiger partial charge is 0.478 e. The maximum absolute atomic E-state index is 12.6. The predicted molar refractivity (Wildman–Crippen MR) is 108 cm³/mol. The van der Waals surface area contributed by atoms with Gasteiger partial charge in [-0.3, -0.25) is 9.59 Å². The number of carboxylic acids is 1. The second kappa shape index (κ2) is 10.3. The Morgan fingerprint density at radius 1 is 1.04 bits per heavy atom. The van der Waals surface area contributed by atoms with Crippen LogP contribution in [-0.4, -0.2) is 40.9 Å². The van der Waals surface area contributed by atoms with Gasteiger partial charge in [0.2, 0.25) is 11.8 Å². The molecule has 28 heavy (non-hydrogen) atoms. The van der Waals surface area contributed by atoms with Crippen molar-refractivity contribution in [2.75, 3.05) is 18.4 Å². The summed E-state index contributed by atoms with van der Waals surface area (Å²) >= 11 is 0. The van der Waals surface area contributed by atoms with Crippen LogP contribution in [0.15, 0.2) is 48.5 Å². The Labute approximate surface area is 165 Å². The van der Waals surface area contributed by atoms with Crippen molar-refractivity contribution in [3.05, 3.63) is 65.2 Å². The molecule has 0 aliphatic rings. The van der Waals surface area contributed by atoms with Gasteiger partial charge in [0, 0.05) is 18.7 Å². The molecule has 2 rings (SSSR count). The SMILES string of the molecule is CCCN(CC(=O)Nc1ccccc1C)C(=O)CCc1ccccc1C(=O)O. The minimum atomic E-state index is -1.01. The lowest BCUT2D eigenvalue weighted by atomic mass is 10.0. The molecule has 2 aromatic rings. The molecule has 2 N–H and O–H groups in total. The second-order valence-electron chi connectivity index (χ2n) is 6.64. The van der Waals surface area contributed by atoms with E-state index in [0.29, 0.717) is 18.5 Å². The summed E-state index contributed by atoms with van der Waals surface area (Å²) in [6.07, 6.45) is 1.21. The molecule has 2 aromatic carbocycles. The number of anilines is 1. The summed E-state index contributed by atoms with van der Waals surface area (Å²) in [5, 5.41) is 12.1. The zero-order chi connectivity index (χ0) is 20.5. The Bertz CT molecular complexity index is 848. The highest BCUT2D eigenvalue weighted by Crippen LogP contribution is 2.14. The lowest BCUT2D eigenvalue weighted by molar-refractivity contribution is -0.134. The lowest BCUT2D eigenvalue weighted by Gasteiger charge is -2.22. The number of carboxylic acid groups (broad SMARTS) is 1. The monoisotopic (exact) mass is 382 g/mol. The summed E-state index contributed by atoms with van der Waals surface area (Å²) in [5.74, 6) is -1.42. The van der Waals surface area contributed by atoms with Crippen molar-refractivity contribution in [2.24, 2.45) is 0 Å². The number of aromatic carboxylic acids is 1. The molecule has 6 heteroatoms. The Balaban J connectivity index is 1.99. The number of rotatable bonds is 9. The molecule has 2 amide bonds. The van der Waals surface area contributed by atoms with Crippen molar-refractivity contribution in [1.82, 2.24) is 4.90 Å². The molecule has 0 radical (unpaired) electrons. The molecule has 0 atom stereocenters. The highest BCUT2D eigenvalue weighted by molar-refractivity contribution is 5.95. The molecule has 0 saturated carbocycles. The minimum absolute atomic E-state index is 0.0262. The Kier molecular flexibility index (Phi) is 7.75. The van der Waals surface area contributed by atoms with E-state index in [2.05, 4.69) is 5.32 Å². The van der Waals surface area contributed by atoms with E-state index >= 15 is 0 Å². The van der Waals surface area contributed by atoms with Crippen LogP contribution in [0.1, 0.15) is 41.3 Å². The first kappa shape index (κ1) is 21.2. The first-order chi connectivity index (χ1) is 13.4. The predicted octanol–water partition coefficient (Wildman–Crippen LogP) is 3.50. The van der Waals surface area contributed by atoms with E-state index in [1.165, 1.54) is 11.0 Å². The molecule has 0 heterocycles. The fourth-order valence-electron chi connectivity index (χ4n) is 2.98. The Morgan fingerprint density at radius 3 is 2.39 bits per heavy atom. The van der Waals surface area contributed by atoms with Gasteiger partial charge in [-0.15, -0.1) is 0 Å². The van der Waals surface area contributed by atoms with Crippen molar-refractivity contribution < 1.29 is 19.5 Å². The molecule has 0 aliphatic carbocycles. The van der Waals surface area contributed by atoms with Crippen LogP contribution in [-0.2, 0) is 16.0 Å². The van der Waals surface area contributed by atoms with Crippen LogP contribution in [0.2, 0.25) is 0 Å². The second-order valence-corrected chi connectivity index (χ2v) is 6.64. The molecular formula is C22H26N2O4. The molecule has 6 nitrogen and oxygen atoms in total. The zero-order valence-electron chi connectivity index (χ0n) is 16.3. The van der Waals surface area contributed by atoms with Gasteiger partial charge in [-0.1, -0.05) is 43.3 Å². The molecule has 148 valence electrons. The normalized spacial score (nSPS) is 10.4. The maximum atomic E-state index is 12.6. The third-order valence-corrected chi connectivity index (χ3v) is 4.46. The van der Waals surface area contributed by atoms with Gasteiger partial charge < -0.3 is 15.3 Å². The fourth-order valence-corrected chi connectivity index (χ4v) is 2.98.